The molecule has 0 radical (unpaired) electrons. The van der Waals surface area contributed by atoms with Crippen LogP contribution < -0.4 is 5.32 Å². The molecule has 0 bridgehead atoms. The number of carboxylic acids is 1. The highest BCUT2D eigenvalue weighted by atomic mass is 79.9. The Hall–Kier alpha value is -1.47. The Morgan fingerprint density at radius 3 is 2.68 bits per heavy atom. The van der Waals surface area contributed by atoms with Gasteiger partial charge in [-0.3, -0.25) is 0 Å². The second kappa shape index (κ2) is 5.66. The summed E-state index contributed by atoms with van der Waals surface area (Å²) in [5.74, 6) is -0.835. The summed E-state index contributed by atoms with van der Waals surface area (Å²) in [5.41, 5.74) is 1.29. The van der Waals surface area contributed by atoms with Crippen molar-refractivity contribution in [2.45, 2.75) is 6.92 Å². The lowest BCUT2D eigenvalue weighted by Crippen LogP contribution is -2.06. The van der Waals surface area contributed by atoms with E-state index < -0.39 is 5.97 Å². The first-order chi connectivity index (χ1) is 8.95. The molecule has 0 atom stereocenters. The topological polar surface area (TPSA) is 75.1 Å². The number of aromatic carboxylic acids is 1. The molecular weight excluding hydrogens is 378 g/mol. The van der Waals surface area contributed by atoms with Gasteiger partial charge in [-0.1, -0.05) is 15.9 Å². The lowest BCUT2D eigenvalue weighted by molar-refractivity contribution is 0.0690. The number of benzene rings is 1. The summed E-state index contributed by atoms with van der Waals surface area (Å²) in [4.78, 5) is 19.0. The minimum atomic E-state index is -1.08. The first-order valence-electron chi connectivity index (χ1n) is 5.27. The largest absolute Gasteiger partial charge is 0.477 e. The molecule has 0 amide bonds. The minimum absolute atomic E-state index is 0.0406. The first kappa shape index (κ1) is 14.0. The van der Waals surface area contributed by atoms with Crippen molar-refractivity contribution in [3.63, 3.8) is 0 Å². The van der Waals surface area contributed by atoms with Crippen LogP contribution in [0.25, 0.3) is 0 Å². The summed E-state index contributed by atoms with van der Waals surface area (Å²) in [7, 11) is 0. The molecule has 0 aliphatic carbocycles. The molecule has 2 rings (SSSR count). The zero-order chi connectivity index (χ0) is 14.0. The van der Waals surface area contributed by atoms with Crippen LogP contribution in [0.4, 0.5) is 11.6 Å². The molecule has 19 heavy (non-hydrogen) atoms. The Kier molecular flexibility index (Phi) is 4.16. The fourth-order valence-corrected chi connectivity index (χ4v) is 2.15. The number of aromatic nitrogens is 2. The van der Waals surface area contributed by atoms with Gasteiger partial charge in [0.1, 0.15) is 0 Å². The van der Waals surface area contributed by atoms with E-state index in [-0.39, 0.29) is 11.6 Å². The van der Waals surface area contributed by atoms with Crippen LogP contribution in [0, 0.1) is 6.92 Å². The predicted octanol–water partition coefficient (Wildman–Crippen LogP) is 3.75. The number of aryl methyl sites for hydroxylation is 1. The molecule has 1 aromatic carbocycles. The van der Waals surface area contributed by atoms with Gasteiger partial charge in [0, 0.05) is 14.6 Å². The highest BCUT2D eigenvalue weighted by Crippen LogP contribution is 2.28. The third kappa shape index (κ3) is 3.51. The third-order valence-corrected chi connectivity index (χ3v) is 3.43. The summed E-state index contributed by atoms with van der Waals surface area (Å²) < 4.78 is 1.72. The number of anilines is 2. The first-order valence-corrected chi connectivity index (χ1v) is 6.85. The molecule has 5 nitrogen and oxygen atoms in total. The molecule has 0 fully saturated rings. The standard InChI is InChI=1S/C12H9Br2N3O2/c1-6-4-10(11(18)19)17-12(15-6)16-9-5-7(13)2-3-8(9)14/h2-5H,1H3,(H,18,19)(H,15,16,17). The van der Waals surface area contributed by atoms with E-state index in [0.717, 1.165) is 14.6 Å². The molecule has 1 aromatic heterocycles. The van der Waals surface area contributed by atoms with E-state index in [1.54, 1.807) is 6.92 Å². The zero-order valence-corrected chi connectivity index (χ0v) is 13.0. The Bertz CT molecular complexity index is 647. The molecule has 1 heterocycles. The maximum absolute atomic E-state index is 10.9. The molecule has 98 valence electrons. The molecule has 0 aliphatic heterocycles. The van der Waals surface area contributed by atoms with Crippen molar-refractivity contribution in [1.29, 1.82) is 0 Å². The van der Waals surface area contributed by atoms with Gasteiger partial charge >= 0.3 is 5.97 Å². The molecule has 0 spiro atoms. The van der Waals surface area contributed by atoms with Crippen LogP contribution in [0.5, 0.6) is 0 Å². The number of carboxylic acid groups (broad SMARTS) is 1. The van der Waals surface area contributed by atoms with Gasteiger partial charge < -0.3 is 10.4 Å². The van der Waals surface area contributed by atoms with Crippen molar-refractivity contribution in [3.05, 3.63) is 44.6 Å². The van der Waals surface area contributed by atoms with Crippen LogP contribution in [-0.4, -0.2) is 21.0 Å². The van der Waals surface area contributed by atoms with Gasteiger partial charge in [0.15, 0.2) is 5.69 Å². The van der Waals surface area contributed by atoms with E-state index >= 15 is 0 Å². The number of hydrogen-bond donors (Lipinski definition) is 2. The van der Waals surface area contributed by atoms with E-state index in [0.29, 0.717) is 5.69 Å². The van der Waals surface area contributed by atoms with Crippen LogP contribution in [0.2, 0.25) is 0 Å². The quantitative estimate of drug-likeness (QED) is 0.840. The molecule has 2 aromatic rings. The van der Waals surface area contributed by atoms with Crippen LogP contribution in [-0.2, 0) is 0 Å². The number of nitrogens with zero attached hydrogens (tertiary/aromatic N) is 2. The molecule has 7 heteroatoms. The van der Waals surface area contributed by atoms with E-state index in [1.807, 2.05) is 18.2 Å². The van der Waals surface area contributed by atoms with Crippen molar-refractivity contribution in [2.75, 3.05) is 5.32 Å². The average Bonchev–Trinajstić information content (AvgIpc) is 2.33. The van der Waals surface area contributed by atoms with Crippen LogP contribution in [0.15, 0.2) is 33.2 Å². The fraction of sp³-hybridized carbons (Fsp3) is 0.0833. The van der Waals surface area contributed by atoms with Gasteiger partial charge in [0.2, 0.25) is 5.95 Å². The third-order valence-electron chi connectivity index (χ3n) is 2.25. The average molecular weight is 387 g/mol. The number of nitrogens with one attached hydrogen (secondary N) is 1. The van der Waals surface area contributed by atoms with Crippen molar-refractivity contribution >= 4 is 49.5 Å². The Labute approximate surface area is 126 Å². The van der Waals surface area contributed by atoms with Gasteiger partial charge in [0.05, 0.1) is 5.69 Å². The summed E-state index contributed by atoms with van der Waals surface area (Å²) in [6.07, 6.45) is 0. The Morgan fingerprint density at radius 1 is 1.26 bits per heavy atom. The number of rotatable bonds is 3. The SMILES string of the molecule is Cc1cc(C(=O)O)nc(Nc2cc(Br)ccc2Br)n1. The predicted molar refractivity (Wildman–Crippen MR) is 78.9 cm³/mol. The van der Waals surface area contributed by atoms with Crippen molar-refractivity contribution in [1.82, 2.24) is 9.97 Å². The number of halogens is 2. The van der Waals surface area contributed by atoms with Gasteiger partial charge in [-0.15, -0.1) is 0 Å². The monoisotopic (exact) mass is 385 g/mol. The summed E-state index contributed by atoms with van der Waals surface area (Å²) in [6.45, 7) is 1.72. The Morgan fingerprint density at radius 2 is 2.00 bits per heavy atom. The van der Waals surface area contributed by atoms with Crippen molar-refractivity contribution in [3.8, 4) is 0 Å². The molecule has 0 aliphatic rings. The van der Waals surface area contributed by atoms with Gasteiger partial charge in [-0.2, -0.15) is 0 Å². The smallest absolute Gasteiger partial charge is 0.354 e. The van der Waals surface area contributed by atoms with Crippen LogP contribution >= 0.6 is 31.9 Å². The highest BCUT2D eigenvalue weighted by Gasteiger charge is 2.10. The minimum Gasteiger partial charge on any atom is -0.477 e. The summed E-state index contributed by atoms with van der Waals surface area (Å²) in [6, 6.07) is 7.01. The lowest BCUT2D eigenvalue weighted by atomic mass is 10.3. The number of hydrogen-bond acceptors (Lipinski definition) is 4. The summed E-state index contributed by atoms with van der Waals surface area (Å²) in [5, 5.41) is 12.0. The van der Waals surface area contributed by atoms with Gasteiger partial charge in [0.25, 0.3) is 0 Å². The fourth-order valence-electron chi connectivity index (χ4n) is 1.45. The molecule has 0 saturated carbocycles. The normalized spacial score (nSPS) is 10.3. The maximum Gasteiger partial charge on any atom is 0.354 e. The second-order valence-electron chi connectivity index (χ2n) is 3.77. The lowest BCUT2D eigenvalue weighted by Gasteiger charge is -2.08. The van der Waals surface area contributed by atoms with E-state index in [1.165, 1.54) is 6.07 Å². The van der Waals surface area contributed by atoms with Gasteiger partial charge in [-0.25, -0.2) is 14.8 Å². The van der Waals surface area contributed by atoms with Crippen LogP contribution in [0.1, 0.15) is 16.2 Å². The molecule has 2 N–H and O–H groups in total. The number of carbonyl (C=O) groups is 1. The van der Waals surface area contributed by atoms with E-state index in [2.05, 4.69) is 47.1 Å². The van der Waals surface area contributed by atoms with Gasteiger partial charge in [-0.05, 0) is 47.1 Å². The highest BCUT2D eigenvalue weighted by molar-refractivity contribution is 9.11. The maximum atomic E-state index is 10.9. The van der Waals surface area contributed by atoms with Crippen LogP contribution in [0.3, 0.4) is 0 Å². The molecule has 0 unspecified atom stereocenters. The Balaban J connectivity index is 2.38. The summed E-state index contributed by atoms with van der Waals surface area (Å²) >= 11 is 6.76. The zero-order valence-electron chi connectivity index (χ0n) is 9.82. The van der Waals surface area contributed by atoms with E-state index in [4.69, 9.17) is 5.11 Å². The molecule has 0 saturated heterocycles. The molecular formula is C12H9Br2N3O2. The van der Waals surface area contributed by atoms with E-state index in [9.17, 15) is 4.79 Å². The second-order valence-corrected chi connectivity index (χ2v) is 5.54. The van der Waals surface area contributed by atoms with Crippen molar-refractivity contribution < 1.29 is 9.90 Å². The van der Waals surface area contributed by atoms with Crippen molar-refractivity contribution in [2.24, 2.45) is 0 Å².